The Morgan fingerprint density at radius 1 is 1.47 bits per heavy atom. The van der Waals surface area contributed by atoms with Crippen molar-refractivity contribution >= 4 is 9.84 Å². The standard InChI is InChI=1S/C14H20FNO2S/c1-2-7-16-14(11-4-3-5-13(15)9-11)12-6-8-19(17,18)10-12/h3-5,9,12,14,16H,2,6-8,10H2,1H3. The van der Waals surface area contributed by atoms with E-state index >= 15 is 0 Å². The molecule has 0 amide bonds. The highest BCUT2D eigenvalue weighted by Crippen LogP contribution is 2.31. The highest BCUT2D eigenvalue weighted by Gasteiger charge is 2.34. The zero-order valence-electron chi connectivity index (χ0n) is 11.1. The maximum atomic E-state index is 13.3. The number of hydrogen-bond donors (Lipinski definition) is 1. The fourth-order valence-electron chi connectivity index (χ4n) is 2.64. The van der Waals surface area contributed by atoms with Crippen molar-refractivity contribution in [2.45, 2.75) is 25.8 Å². The fraction of sp³-hybridized carbons (Fsp3) is 0.571. The second-order valence-electron chi connectivity index (χ2n) is 5.15. The monoisotopic (exact) mass is 285 g/mol. The van der Waals surface area contributed by atoms with Crippen molar-refractivity contribution in [1.29, 1.82) is 0 Å². The van der Waals surface area contributed by atoms with E-state index in [0.29, 0.717) is 6.42 Å². The van der Waals surface area contributed by atoms with E-state index in [1.165, 1.54) is 12.1 Å². The quantitative estimate of drug-likeness (QED) is 0.903. The van der Waals surface area contributed by atoms with Crippen molar-refractivity contribution in [2.75, 3.05) is 18.1 Å². The van der Waals surface area contributed by atoms with Gasteiger partial charge < -0.3 is 5.32 Å². The van der Waals surface area contributed by atoms with E-state index in [4.69, 9.17) is 0 Å². The van der Waals surface area contributed by atoms with Gasteiger partial charge in [-0.3, -0.25) is 0 Å². The Balaban J connectivity index is 2.21. The first-order valence-electron chi connectivity index (χ1n) is 6.71. The number of hydrogen-bond acceptors (Lipinski definition) is 3. The van der Waals surface area contributed by atoms with Crippen LogP contribution in [0.25, 0.3) is 0 Å². The Morgan fingerprint density at radius 2 is 2.26 bits per heavy atom. The molecular formula is C14H20FNO2S. The van der Waals surface area contributed by atoms with Crippen molar-refractivity contribution in [1.82, 2.24) is 5.32 Å². The summed E-state index contributed by atoms with van der Waals surface area (Å²) in [7, 11) is -2.92. The number of benzene rings is 1. The molecule has 19 heavy (non-hydrogen) atoms. The third-order valence-corrected chi connectivity index (χ3v) is 5.35. The van der Waals surface area contributed by atoms with Gasteiger partial charge in [0.05, 0.1) is 11.5 Å². The summed E-state index contributed by atoms with van der Waals surface area (Å²) in [6.45, 7) is 2.86. The van der Waals surface area contributed by atoms with Gasteiger partial charge >= 0.3 is 0 Å². The molecule has 5 heteroatoms. The molecule has 1 aliphatic heterocycles. The lowest BCUT2D eigenvalue weighted by molar-refractivity contribution is 0.391. The third-order valence-electron chi connectivity index (χ3n) is 3.56. The van der Waals surface area contributed by atoms with Gasteiger partial charge in [-0.25, -0.2) is 12.8 Å². The summed E-state index contributed by atoms with van der Waals surface area (Å²) in [5, 5.41) is 3.36. The molecule has 106 valence electrons. The lowest BCUT2D eigenvalue weighted by Gasteiger charge is -2.24. The SMILES string of the molecule is CCCNC(c1cccc(F)c1)C1CCS(=O)(=O)C1. The van der Waals surface area contributed by atoms with Gasteiger partial charge in [-0.15, -0.1) is 0 Å². The van der Waals surface area contributed by atoms with Crippen molar-refractivity contribution in [3.63, 3.8) is 0 Å². The average molecular weight is 285 g/mol. The normalized spacial score (nSPS) is 23.4. The molecule has 0 radical (unpaired) electrons. The molecule has 3 nitrogen and oxygen atoms in total. The molecule has 0 saturated carbocycles. The van der Waals surface area contributed by atoms with Gasteiger partial charge in [0.15, 0.2) is 9.84 Å². The van der Waals surface area contributed by atoms with E-state index < -0.39 is 9.84 Å². The average Bonchev–Trinajstić information content (AvgIpc) is 2.70. The number of nitrogens with one attached hydrogen (secondary N) is 1. The summed E-state index contributed by atoms with van der Waals surface area (Å²) in [6.07, 6.45) is 1.62. The summed E-state index contributed by atoms with van der Waals surface area (Å²) in [4.78, 5) is 0. The van der Waals surface area contributed by atoms with Crippen LogP contribution in [0.1, 0.15) is 31.4 Å². The minimum atomic E-state index is -2.92. The van der Waals surface area contributed by atoms with E-state index in [0.717, 1.165) is 18.5 Å². The molecule has 1 aromatic carbocycles. The maximum absolute atomic E-state index is 13.3. The smallest absolute Gasteiger partial charge is 0.150 e. The molecule has 1 fully saturated rings. The van der Waals surface area contributed by atoms with Gasteiger partial charge in [0, 0.05) is 6.04 Å². The van der Waals surface area contributed by atoms with Gasteiger partial charge in [-0.05, 0) is 43.0 Å². The second-order valence-corrected chi connectivity index (χ2v) is 7.38. The second kappa shape index (κ2) is 6.01. The number of sulfone groups is 1. The molecule has 1 N–H and O–H groups in total. The van der Waals surface area contributed by atoms with E-state index in [2.05, 4.69) is 12.2 Å². The van der Waals surface area contributed by atoms with Gasteiger partial charge in [0.2, 0.25) is 0 Å². The molecule has 1 aliphatic rings. The van der Waals surface area contributed by atoms with E-state index in [1.54, 1.807) is 6.07 Å². The van der Waals surface area contributed by atoms with E-state index in [1.807, 2.05) is 6.07 Å². The molecule has 0 aliphatic carbocycles. The van der Waals surface area contributed by atoms with Crippen LogP contribution in [0.2, 0.25) is 0 Å². The topological polar surface area (TPSA) is 46.2 Å². The summed E-state index contributed by atoms with van der Waals surface area (Å²) in [5.74, 6) is 0.211. The zero-order valence-corrected chi connectivity index (χ0v) is 11.9. The fourth-order valence-corrected chi connectivity index (χ4v) is 4.48. The van der Waals surface area contributed by atoms with E-state index in [-0.39, 0.29) is 29.3 Å². The highest BCUT2D eigenvalue weighted by atomic mass is 32.2. The summed E-state index contributed by atoms with van der Waals surface area (Å²) < 4.78 is 36.6. The molecule has 2 rings (SSSR count). The molecule has 1 saturated heterocycles. The van der Waals surface area contributed by atoms with Gasteiger partial charge in [-0.1, -0.05) is 19.1 Å². The highest BCUT2D eigenvalue weighted by molar-refractivity contribution is 7.91. The first kappa shape index (κ1) is 14.5. The maximum Gasteiger partial charge on any atom is 0.150 e. The number of halogens is 1. The Labute approximate surface area is 114 Å². The number of rotatable bonds is 5. The van der Waals surface area contributed by atoms with Crippen LogP contribution in [-0.2, 0) is 9.84 Å². The van der Waals surface area contributed by atoms with Gasteiger partial charge in [-0.2, -0.15) is 0 Å². The van der Waals surface area contributed by atoms with Gasteiger partial charge in [0.1, 0.15) is 5.82 Å². The van der Waals surface area contributed by atoms with Crippen molar-refractivity contribution in [3.05, 3.63) is 35.6 Å². The Kier molecular flexibility index (Phi) is 4.58. The predicted molar refractivity (Wildman–Crippen MR) is 74.2 cm³/mol. The van der Waals surface area contributed by atoms with Crippen LogP contribution in [0, 0.1) is 11.7 Å². The van der Waals surface area contributed by atoms with E-state index in [9.17, 15) is 12.8 Å². The van der Waals surface area contributed by atoms with Crippen LogP contribution in [-0.4, -0.2) is 26.5 Å². The van der Waals surface area contributed by atoms with Crippen LogP contribution in [0.15, 0.2) is 24.3 Å². The summed E-state index contributed by atoms with van der Waals surface area (Å²) in [5.41, 5.74) is 0.843. The molecule has 1 heterocycles. The van der Waals surface area contributed by atoms with Crippen LogP contribution < -0.4 is 5.32 Å². The zero-order chi connectivity index (χ0) is 13.9. The Bertz CT molecular complexity index is 530. The largest absolute Gasteiger partial charge is 0.310 e. The van der Waals surface area contributed by atoms with Crippen LogP contribution in [0.3, 0.4) is 0 Å². The minimum Gasteiger partial charge on any atom is -0.310 e. The summed E-state index contributed by atoms with van der Waals surface area (Å²) in [6, 6.07) is 6.37. The van der Waals surface area contributed by atoms with Crippen molar-refractivity contribution in [2.24, 2.45) is 5.92 Å². The Hall–Kier alpha value is -0.940. The third kappa shape index (κ3) is 3.76. The van der Waals surface area contributed by atoms with Crippen LogP contribution >= 0.6 is 0 Å². The molecule has 1 aromatic rings. The molecule has 2 unspecified atom stereocenters. The molecule has 0 aromatic heterocycles. The van der Waals surface area contributed by atoms with Crippen molar-refractivity contribution in [3.8, 4) is 0 Å². The molecular weight excluding hydrogens is 265 g/mol. The lowest BCUT2D eigenvalue weighted by atomic mass is 9.92. The summed E-state index contributed by atoms with van der Waals surface area (Å²) >= 11 is 0. The van der Waals surface area contributed by atoms with Gasteiger partial charge in [0.25, 0.3) is 0 Å². The molecule has 2 atom stereocenters. The lowest BCUT2D eigenvalue weighted by Crippen LogP contribution is -2.29. The first-order chi connectivity index (χ1) is 9.02. The van der Waals surface area contributed by atoms with Crippen LogP contribution in [0.5, 0.6) is 0 Å². The Morgan fingerprint density at radius 3 is 2.84 bits per heavy atom. The molecule has 0 bridgehead atoms. The predicted octanol–water partition coefficient (Wildman–Crippen LogP) is 2.30. The van der Waals surface area contributed by atoms with Crippen molar-refractivity contribution < 1.29 is 12.8 Å². The molecule has 0 spiro atoms. The minimum absolute atomic E-state index is 0.0401. The van der Waals surface area contributed by atoms with Crippen LogP contribution in [0.4, 0.5) is 4.39 Å². The first-order valence-corrected chi connectivity index (χ1v) is 8.53.